The Hall–Kier alpha value is -3.88. The summed E-state index contributed by atoms with van der Waals surface area (Å²) >= 11 is 0. The molecular formula is C21H18N6O3. The summed E-state index contributed by atoms with van der Waals surface area (Å²) < 4.78 is 5.32. The number of anilines is 1. The van der Waals surface area contributed by atoms with Crippen molar-refractivity contribution in [3.63, 3.8) is 0 Å². The van der Waals surface area contributed by atoms with E-state index in [0.29, 0.717) is 17.4 Å². The summed E-state index contributed by atoms with van der Waals surface area (Å²) in [5.41, 5.74) is 3.45. The van der Waals surface area contributed by atoms with Gasteiger partial charge < -0.3 is 4.52 Å². The summed E-state index contributed by atoms with van der Waals surface area (Å²) in [7, 11) is 0. The fraction of sp³-hybridized carbons (Fsp3) is 0.238. The summed E-state index contributed by atoms with van der Waals surface area (Å²) in [5.74, 6) is -0.00161. The number of fused-ring (bicyclic) bond motifs is 1. The molecule has 0 spiro atoms. The second-order valence-electron chi connectivity index (χ2n) is 7.35. The minimum Gasteiger partial charge on any atom is -0.337 e. The number of hydrogen-bond donors (Lipinski definition) is 0. The number of carbonyl (C=O) groups excluding carboxylic acids is 2. The Kier molecular flexibility index (Phi) is 4.16. The van der Waals surface area contributed by atoms with Crippen LogP contribution in [-0.4, -0.2) is 39.0 Å². The Morgan fingerprint density at radius 1 is 1.00 bits per heavy atom. The van der Waals surface area contributed by atoms with Gasteiger partial charge in [0.15, 0.2) is 12.1 Å². The smallest absolute Gasteiger partial charge is 0.263 e. The average molecular weight is 402 g/mol. The molecule has 2 amide bonds. The predicted molar refractivity (Wildman–Crippen MR) is 106 cm³/mol. The molecule has 0 saturated carbocycles. The molecule has 5 rings (SSSR count). The lowest BCUT2D eigenvalue weighted by Gasteiger charge is -2.19. The van der Waals surface area contributed by atoms with Gasteiger partial charge in [0.1, 0.15) is 6.54 Å². The number of rotatable bonds is 4. The van der Waals surface area contributed by atoms with E-state index in [1.54, 1.807) is 6.07 Å². The molecule has 3 aromatic rings. The van der Waals surface area contributed by atoms with Gasteiger partial charge in [0.25, 0.3) is 11.8 Å². The fourth-order valence-corrected chi connectivity index (χ4v) is 3.64. The van der Waals surface area contributed by atoms with Crippen molar-refractivity contribution in [2.45, 2.75) is 32.5 Å². The molecule has 2 aliphatic heterocycles. The second-order valence-corrected chi connectivity index (χ2v) is 7.35. The van der Waals surface area contributed by atoms with E-state index in [2.05, 4.69) is 20.5 Å². The van der Waals surface area contributed by atoms with Gasteiger partial charge in [-0.1, -0.05) is 46.8 Å². The van der Waals surface area contributed by atoms with Crippen LogP contribution in [0.25, 0.3) is 11.4 Å². The van der Waals surface area contributed by atoms with Crippen LogP contribution in [-0.2, 0) is 16.1 Å². The molecule has 30 heavy (non-hydrogen) atoms. The number of benzene rings is 2. The monoisotopic (exact) mass is 402 g/mol. The lowest BCUT2D eigenvalue weighted by Crippen LogP contribution is -2.39. The maximum Gasteiger partial charge on any atom is 0.263 e. The third kappa shape index (κ3) is 2.86. The molecule has 9 nitrogen and oxygen atoms in total. The fourth-order valence-electron chi connectivity index (χ4n) is 3.64. The van der Waals surface area contributed by atoms with Gasteiger partial charge in [-0.15, -0.1) is 0 Å². The lowest BCUT2D eigenvalue weighted by molar-refractivity contribution is -0.123. The van der Waals surface area contributed by atoms with Gasteiger partial charge in [0.2, 0.25) is 11.7 Å². The third-order valence-corrected chi connectivity index (χ3v) is 5.40. The first-order chi connectivity index (χ1) is 14.5. The number of aryl methyl sites for hydroxylation is 2. The van der Waals surface area contributed by atoms with E-state index in [-0.39, 0.29) is 18.4 Å². The van der Waals surface area contributed by atoms with Crippen LogP contribution in [0.2, 0.25) is 0 Å². The highest BCUT2D eigenvalue weighted by Crippen LogP contribution is 2.33. The summed E-state index contributed by atoms with van der Waals surface area (Å²) in [6.45, 7) is 4.01. The van der Waals surface area contributed by atoms with Crippen molar-refractivity contribution in [2.24, 2.45) is 10.3 Å². The van der Waals surface area contributed by atoms with E-state index in [0.717, 1.165) is 16.7 Å². The predicted octanol–water partition coefficient (Wildman–Crippen LogP) is 2.85. The highest BCUT2D eigenvalue weighted by molar-refractivity contribution is 6.25. The molecule has 0 unspecified atom stereocenters. The summed E-state index contributed by atoms with van der Waals surface area (Å²) in [4.78, 5) is 31.5. The molecule has 1 saturated heterocycles. The van der Waals surface area contributed by atoms with Crippen LogP contribution in [0.15, 0.2) is 63.4 Å². The van der Waals surface area contributed by atoms with Gasteiger partial charge in [-0.25, -0.2) is 4.90 Å². The minimum absolute atomic E-state index is 0.0876. The zero-order valence-corrected chi connectivity index (χ0v) is 16.4. The van der Waals surface area contributed by atoms with Crippen molar-refractivity contribution in [1.82, 2.24) is 15.1 Å². The molecule has 2 aliphatic rings. The zero-order chi connectivity index (χ0) is 20.8. The van der Waals surface area contributed by atoms with Crippen molar-refractivity contribution in [3.05, 3.63) is 65.5 Å². The second kappa shape index (κ2) is 6.87. The van der Waals surface area contributed by atoms with Gasteiger partial charge in [-0.3, -0.25) is 14.6 Å². The average Bonchev–Trinajstić information content (AvgIpc) is 3.44. The van der Waals surface area contributed by atoms with E-state index in [4.69, 9.17) is 4.52 Å². The Labute approximate surface area is 172 Å². The molecule has 150 valence electrons. The molecule has 0 aliphatic carbocycles. The van der Waals surface area contributed by atoms with Crippen LogP contribution in [0.4, 0.5) is 5.69 Å². The molecule has 0 radical (unpaired) electrons. The minimum atomic E-state index is -0.865. The lowest BCUT2D eigenvalue weighted by atomic mass is 10.1. The van der Waals surface area contributed by atoms with Gasteiger partial charge in [-0.2, -0.15) is 10.1 Å². The van der Waals surface area contributed by atoms with E-state index in [1.165, 1.54) is 9.91 Å². The number of nitrogens with zero attached hydrogens (tertiary/aromatic N) is 6. The van der Waals surface area contributed by atoms with Crippen molar-refractivity contribution >= 4 is 17.5 Å². The first-order valence-corrected chi connectivity index (χ1v) is 9.53. The highest BCUT2D eigenvalue weighted by atomic mass is 16.5. The number of amides is 2. The van der Waals surface area contributed by atoms with E-state index >= 15 is 0 Å². The zero-order valence-electron chi connectivity index (χ0n) is 16.4. The first kappa shape index (κ1) is 18.2. The third-order valence-electron chi connectivity index (χ3n) is 5.40. The Morgan fingerprint density at radius 2 is 1.80 bits per heavy atom. The van der Waals surface area contributed by atoms with E-state index in [9.17, 15) is 9.59 Å². The number of carbonyl (C=O) groups is 2. The maximum atomic E-state index is 13.1. The van der Waals surface area contributed by atoms with Crippen LogP contribution in [0.1, 0.15) is 17.0 Å². The van der Waals surface area contributed by atoms with Gasteiger partial charge in [0, 0.05) is 5.56 Å². The van der Waals surface area contributed by atoms with Crippen molar-refractivity contribution in [3.8, 4) is 11.4 Å². The first-order valence-electron chi connectivity index (χ1n) is 9.53. The molecule has 9 heteroatoms. The molecule has 1 fully saturated rings. The Balaban J connectivity index is 1.38. The van der Waals surface area contributed by atoms with E-state index < -0.39 is 12.1 Å². The largest absolute Gasteiger partial charge is 0.337 e. The highest BCUT2D eigenvalue weighted by Gasteiger charge is 2.55. The Morgan fingerprint density at radius 3 is 2.57 bits per heavy atom. The molecule has 3 heterocycles. The van der Waals surface area contributed by atoms with Crippen LogP contribution in [0.5, 0.6) is 0 Å². The SMILES string of the molecule is Cc1ccc(N2C(=O)[C@H]3N=NN(Cc4nc(-c5ccccc5)no4)[C@H]3C2=O)cc1C. The standard InChI is InChI=1S/C21H18N6O3/c1-12-8-9-15(10-13(12)2)27-20(28)17-18(21(27)29)26(25-23-17)11-16-22-19(24-30-16)14-6-4-3-5-7-14/h3-10,17-18H,11H2,1-2H3/t17-,18+/m0/s1. The Bertz CT molecular complexity index is 1170. The van der Waals surface area contributed by atoms with Gasteiger partial charge in [0.05, 0.1) is 5.69 Å². The van der Waals surface area contributed by atoms with Crippen LogP contribution < -0.4 is 4.90 Å². The number of aromatic nitrogens is 2. The van der Waals surface area contributed by atoms with Crippen LogP contribution >= 0.6 is 0 Å². The number of imide groups is 1. The molecular weight excluding hydrogens is 384 g/mol. The van der Waals surface area contributed by atoms with Gasteiger partial charge >= 0.3 is 0 Å². The topological polar surface area (TPSA) is 104 Å². The van der Waals surface area contributed by atoms with Crippen LogP contribution in [0, 0.1) is 13.8 Å². The summed E-state index contributed by atoms with van der Waals surface area (Å²) in [5, 5.41) is 13.5. The van der Waals surface area contributed by atoms with Crippen molar-refractivity contribution in [2.75, 3.05) is 4.90 Å². The van der Waals surface area contributed by atoms with Crippen LogP contribution in [0.3, 0.4) is 0 Å². The summed E-state index contributed by atoms with van der Waals surface area (Å²) in [6, 6.07) is 13.2. The molecule has 0 bridgehead atoms. The van der Waals surface area contributed by atoms with Crippen molar-refractivity contribution < 1.29 is 14.1 Å². The maximum absolute atomic E-state index is 13.1. The normalized spacial score (nSPS) is 20.3. The number of hydrogen-bond acceptors (Lipinski definition) is 8. The quantitative estimate of drug-likeness (QED) is 0.622. The molecule has 0 N–H and O–H groups in total. The van der Waals surface area contributed by atoms with E-state index in [1.807, 2.05) is 56.3 Å². The molecule has 1 aromatic heterocycles. The summed E-state index contributed by atoms with van der Waals surface area (Å²) in [6.07, 6.45) is 0. The van der Waals surface area contributed by atoms with Crippen molar-refractivity contribution in [1.29, 1.82) is 0 Å². The van der Waals surface area contributed by atoms with Gasteiger partial charge in [-0.05, 0) is 37.1 Å². The molecule has 2 aromatic carbocycles. The molecule has 2 atom stereocenters.